The first kappa shape index (κ1) is 24.7. The molecule has 2 aliphatic heterocycles. The summed E-state index contributed by atoms with van der Waals surface area (Å²) >= 11 is 5.91. The molecule has 0 aliphatic carbocycles. The Kier molecular flexibility index (Phi) is 7.27. The number of hydrogen-bond acceptors (Lipinski definition) is 5. The van der Waals surface area contributed by atoms with E-state index in [4.69, 9.17) is 21.9 Å². The third-order valence-electron chi connectivity index (χ3n) is 7.37. The summed E-state index contributed by atoms with van der Waals surface area (Å²) in [6.45, 7) is 9.78. The van der Waals surface area contributed by atoms with Crippen molar-refractivity contribution in [2.24, 2.45) is 0 Å². The maximum absolute atomic E-state index is 5.91. The predicted octanol–water partition coefficient (Wildman–Crippen LogP) is 3.86. The molecule has 4 heterocycles. The number of pyridine rings is 1. The first-order valence-electron chi connectivity index (χ1n) is 12.7. The minimum Gasteiger partial charge on any atom is -0.379 e. The average molecular weight is 505 g/mol. The van der Waals surface area contributed by atoms with Gasteiger partial charge in [0.2, 0.25) is 0 Å². The number of benzene rings is 1. The number of morpholine rings is 1. The zero-order valence-electron chi connectivity index (χ0n) is 21.6. The molecule has 2 aromatic heterocycles. The van der Waals surface area contributed by atoms with Crippen molar-refractivity contribution in [1.29, 1.82) is 0 Å². The lowest BCUT2D eigenvalue weighted by Crippen LogP contribution is -2.42. The summed E-state index contributed by atoms with van der Waals surface area (Å²) in [4.78, 5) is 11.7. The van der Waals surface area contributed by atoms with Gasteiger partial charge in [-0.2, -0.15) is 0 Å². The lowest BCUT2D eigenvalue weighted by molar-refractivity contribution is 0.0350. The SMILES string of the molecule is Cc1cc(C2C(c3ccccn3)NC(=S)N2CCN2CCOCC2)c(C)n1-c1ccc(N(C)C)cc1. The van der Waals surface area contributed by atoms with E-state index in [2.05, 4.69) is 95.0 Å². The molecule has 1 aromatic carbocycles. The first-order valence-corrected chi connectivity index (χ1v) is 13.1. The van der Waals surface area contributed by atoms with E-state index >= 15 is 0 Å². The van der Waals surface area contributed by atoms with Gasteiger partial charge in [0.1, 0.15) is 0 Å². The lowest BCUT2D eigenvalue weighted by atomic mass is 9.96. The average Bonchev–Trinajstić information content (AvgIpc) is 3.38. The number of aromatic nitrogens is 2. The van der Waals surface area contributed by atoms with Crippen LogP contribution in [0.25, 0.3) is 5.69 Å². The summed E-state index contributed by atoms with van der Waals surface area (Å²) in [6.07, 6.45) is 1.86. The molecule has 0 spiro atoms. The van der Waals surface area contributed by atoms with Gasteiger partial charge in [-0.3, -0.25) is 9.88 Å². The fourth-order valence-corrected chi connectivity index (χ4v) is 5.77. The lowest BCUT2D eigenvalue weighted by Gasteiger charge is -2.32. The largest absolute Gasteiger partial charge is 0.379 e. The molecule has 2 fully saturated rings. The molecule has 1 N–H and O–H groups in total. The van der Waals surface area contributed by atoms with Crippen molar-refractivity contribution >= 4 is 23.0 Å². The summed E-state index contributed by atoms with van der Waals surface area (Å²) in [5, 5.41) is 4.40. The van der Waals surface area contributed by atoms with Crippen LogP contribution in [0.15, 0.2) is 54.7 Å². The molecule has 5 rings (SSSR count). The molecule has 0 amide bonds. The fourth-order valence-electron chi connectivity index (χ4n) is 5.44. The highest BCUT2D eigenvalue weighted by molar-refractivity contribution is 7.80. The van der Waals surface area contributed by atoms with Crippen LogP contribution in [0.5, 0.6) is 0 Å². The molecule has 2 unspecified atom stereocenters. The Hall–Kier alpha value is -2.94. The van der Waals surface area contributed by atoms with Gasteiger partial charge in [-0.15, -0.1) is 0 Å². The molecule has 190 valence electrons. The molecule has 3 aromatic rings. The molecular formula is C28H36N6OS. The number of nitrogens with one attached hydrogen (secondary N) is 1. The molecule has 8 heteroatoms. The number of aryl methyl sites for hydroxylation is 1. The third-order valence-corrected chi connectivity index (χ3v) is 7.72. The van der Waals surface area contributed by atoms with Crippen LogP contribution in [0.2, 0.25) is 0 Å². The fraction of sp³-hybridized carbons (Fsp3) is 0.429. The van der Waals surface area contributed by atoms with Crippen molar-refractivity contribution in [3.05, 3.63) is 77.4 Å². The number of ether oxygens (including phenoxy) is 1. The van der Waals surface area contributed by atoms with Crippen LogP contribution >= 0.6 is 12.2 Å². The smallest absolute Gasteiger partial charge is 0.170 e. The Morgan fingerprint density at radius 1 is 1.06 bits per heavy atom. The van der Waals surface area contributed by atoms with Crippen molar-refractivity contribution in [2.75, 3.05) is 58.4 Å². The molecule has 0 radical (unpaired) electrons. The summed E-state index contributed by atoms with van der Waals surface area (Å²) in [6, 6.07) is 17.2. The number of thiocarbonyl (C=S) groups is 1. The number of anilines is 1. The van der Waals surface area contributed by atoms with Crippen LogP contribution in [-0.2, 0) is 4.74 Å². The van der Waals surface area contributed by atoms with Gasteiger partial charge in [-0.25, -0.2) is 0 Å². The number of nitrogens with zero attached hydrogens (tertiary/aromatic N) is 5. The zero-order chi connectivity index (χ0) is 25.2. The van der Waals surface area contributed by atoms with Crippen molar-refractivity contribution in [3.63, 3.8) is 0 Å². The molecule has 2 atom stereocenters. The van der Waals surface area contributed by atoms with E-state index in [9.17, 15) is 0 Å². The standard InChI is InChI=1S/C28H36N6OS/c1-20-19-24(21(2)34(20)23-10-8-22(9-11-23)31(3)4)27-26(25-7-5-6-12-29-25)30-28(36)33(27)14-13-32-15-17-35-18-16-32/h5-12,19,26-27H,13-18H2,1-4H3,(H,30,36). The van der Waals surface area contributed by atoms with Crippen LogP contribution in [0, 0.1) is 13.8 Å². The van der Waals surface area contributed by atoms with E-state index in [0.29, 0.717) is 0 Å². The Morgan fingerprint density at radius 2 is 1.81 bits per heavy atom. The minimum absolute atomic E-state index is 0.00606. The predicted molar refractivity (Wildman–Crippen MR) is 149 cm³/mol. The van der Waals surface area contributed by atoms with E-state index in [1.807, 2.05) is 12.3 Å². The second kappa shape index (κ2) is 10.6. The summed E-state index contributed by atoms with van der Waals surface area (Å²) in [5.74, 6) is 0. The van der Waals surface area contributed by atoms with E-state index < -0.39 is 0 Å². The van der Waals surface area contributed by atoms with Gasteiger partial charge in [0.15, 0.2) is 5.11 Å². The maximum Gasteiger partial charge on any atom is 0.170 e. The van der Waals surface area contributed by atoms with Crippen LogP contribution < -0.4 is 10.2 Å². The van der Waals surface area contributed by atoms with Gasteiger partial charge >= 0.3 is 0 Å². The van der Waals surface area contributed by atoms with Gasteiger partial charge in [0.25, 0.3) is 0 Å². The molecule has 2 saturated heterocycles. The van der Waals surface area contributed by atoms with Crippen LogP contribution in [-0.4, -0.2) is 78.0 Å². The summed E-state index contributed by atoms with van der Waals surface area (Å²) < 4.78 is 7.90. The summed E-state index contributed by atoms with van der Waals surface area (Å²) in [7, 11) is 4.14. The van der Waals surface area contributed by atoms with Crippen molar-refractivity contribution in [2.45, 2.75) is 25.9 Å². The Balaban J connectivity index is 1.50. The van der Waals surface area contributed by atoms with Crippen molar-refractivity contribution < 1.29 is 4.74 Å². The quantitative estimate of drug-likeness (QED) is 0.491. The Labute approximate surface area is 219 Å². The highest BCUT2D eigenvalue weighted by Crippen LogP contribution is 2.41. The van der Waals surface area contributed by atoms with Crippen LogP contribution in [0.4, 0.5) is 5.69 Å². The van der Waals surface area contributed by atoms with Crippen LogP contribution in [0.3, 0.4) is 0 Å². The Morgan fingerprint density at radius 3 is 2.47 bits per heavy atom. The molecule has 0 saturated carbocycles. The van der Waals surface area contributed by atoms with Crippen LogP contribution in [0.1, 0.15) is 34.7 Å². The van der Waals surface area contributed by atoms with Gasteiger partial charge in [-0.05, 0) is 74.1 Å². The zero-order valence-corrected chi connectivity index (χ0v) is 22.5. The van der Waals surface area contributed by atoms with Crippen molar-refractivity contribution in [3.8, 4) is 5.69 Å². The monoisotopic (exact) mass is 504 g/mol. The van der Waals surface area contributed by atoms with Gasteiger partial charge in [-0.1, -0.05) is 6.07 Å². The molecule has 7 nitrogen and oxygen atoms in total. The second-order valence-corrected chi connectivity index (χ2v) is 10.2. The van der Waals surface area contributed by atoms with Gasteiger partial charge in [0.05, 0.1) is 31.0 Å². The maximum atomic E-state index is 5.91. The number of rotatable bonds is 7. The highest BCUT2D eigenvalue weighted by Gasteiger charge is 2.41. The highest BCUT2D eigenvalue weighted by atomic mass is 32.1. The number of hydrogen-bond donors (Lipinski definition) is 1. The van der Waals surface area contributed by atoms with E-state index in [1.54, 1.807) is 0 Å². The van der Waals surface area contributed by atoms with E-state index in [1.165, 1.54) is 28.3 Å². The first-order chi connectivity index (χ1) is 17.4. The van der Waals surface area contributed by atoms with E-state index in [-0.39, 0.29) is 12.1 Å². The van der Waals surface area contributed by atoms with Gasteiger partial charge in [0, 0.05) is 69.2 Å². The molecular weight excluding hydrogens is 468 g/mol. The van der Waals surface area contributed by atoms with E-state index in [0.717, 1.165) is 50.2 Å². The van der Waals surface area contributed by atoms with Crippen molar-refractivity contribution in [1.82, 2.24) is 24.7 Å². The van der Waals surface area contributed by atoms with Gasteiger partial charge < -0.3 is 24.4 Å². The summed E-state index contributed by atoms with van der Waals surface area (Å²) in [5.41, 5.74) is 7.11. The topological polar surface area (TPSA) is 48.8 Å². The second-order valence-electron chi connectivity index (χ2n) is 9.85. The third kappa shape index (κ3) is 4.85. The molecule has 0 bridgehead atoms. The Bertz CT molecular complexity index is 1190. The molecule has 36 heavy (non-hydrogen) atoms. The molecule has 2 aliphatic rings. The minimum atomic E-state index is -0.00606. The normalized spacial score (nSPS) is 20.6.